The molecule has 8 amide bonds. The van der Waals surface area contributed by atoms with Gasteiger partial charge in [-0.05, 0) is 55.4 Å². The second kappa shape index (κ2) is 18.0. The topological polar surface area (TPSA) is 270 Å². The third-order valence-corrected chi connectivity index (χ3v) is 6.05. The van der Waals surface area contributed by atoms with E-state index in [9.17, 15) is 43.2 Å². The van der Waals surface area contributed by atoms with Gasteiger partial charge in [-0.15, -0.1) is 0 Å². The van der Waals surface area contributed by atoms with Crippen LogP contribution in [0.5, 0.6) is 0 Å². The molecule has 0 aromatic carbocycles. The smallest absolute Gasteiger partial charge is 0.325 e. The number of nitrogens with one attached hydrogen (secondary N) is 8. The maximum atomic E-state index is 12.5. The molecule has 0 aromatic rings. The average Bonchev–Trinajstić information content (AvgIpc) is 2.91. The van der Waals surface area contributed by atoms with Crippen molar-refractivity contribution in [2.24, 2.45) is 0 Å². The van der Waals surface area contributed by atoms with Crippen LogP contribution in [0.3, 0.4) is 0 Å². The van der Waals surface area contributed by atoms with Crippen molar-refractivity contribution in [1.29, 1.82) is 0 Å². The van der Waals surface area contributed by atoms with E-state index < -0.39 is 102 Å². The zero-order valence-electron chi connectivity index (χ0n) is 26.2. The molecule has 18 heteroatoms. The molecule has 0 aromatic heterocycles. The van der Waals surface area contributed by atoms with E-state index in [1.165, 1.54) is 62.3 Å². The van der Waals surface area contributed by atoms with E-state index in [1.54, 1.807) is 0 Å². The van der Waals surface area contributed by atoms with Crippen LogP contribution in [0.2, 0.25) is 0 Å². The number of carboxylic acid groups (broad SMARTS) is 1. The van der Waals surface area contributed by atoms with Crippen LogP contribution < -0.4 is 42.5 Å². The van der Waals surface area contributed by atoms with Gasteiger partial charge < -0.3 is 47.6 Å². The Hall–Kier alpha value is -4.77. The predicted molar refractivity (Wildman–Crippen MR) is 154 cm³/mol. The summed E-state index contributed by atoms with van der Waals surface area (Å²) in [5.74, 6) is -6.70. The lowest BCUT2D eigenvalue weighted by molar-refractivity contribution is -0.141. The Morgan fingerprint density at radius 3 is 0.659 bits per heavy atom. The van der Waals surface area contributed by atoms with Crippen LogP contribution in [0, 0.1) is 0 Å². The molecule has 0 fully saturated rings. The number of carbonyl (C=O) groups excluding carboxylic acids is 8. The van der Waals surface area contributed by atoms with Crippen molar-refractivity contribution >= 4 is 53.2 Å². The van der Waals surface area contributed by atoms with E-state index in [0.717, 1.165) is 0 Å². The van der Waals surface area contributed by atoms with Gasteiger partial charge in [-0.25, -0.2) is 0 Å². The first-order chi connectivity index (χ1) is 20.2. The number of aliphatic carboxylic acids is 1. The molecule has 0 bridgehead atoms. The molecule has 0 saturated carbocycles. The highest BCUT2D eigenvalue weighted by molar-refractivity contribution is 5.97. The zero-order chi connectivity index (χ0) is 34.5. The number of carbonyl (C=O) groups is 9. The highest BCUT2D eigenvalue weighted by Crippen LogP contribution is 1.95. The minimum atomic E-state index is -1.26. The van der Waals surface area contributed by atoms with E-state index in [-0.39, 0.29) is 0 Å². The van der Waals surface area contributed by atoms with Crippen LogP contribution in [-0.4, -0.2) is 107 Å². The molecule has 0 saturated heterocycles. The molecule has 8 atom stereocenters. The lowest BCUT2D eigenvalue weighted by atomic mass is 10.2. The number of rotatable bonds is 16. The number of carboxylic acids is 1. The molecule has 0 heterocycles. The number of hydrogen-bond donors (Lipinski definition) is 9. The third-order valence-electron chi connectivity index (χ3n) is 6.05. The molecule has 18 nitrogen and oxygen atoms in total. The third kappa shape index (κ3) is 13.9. The Balaban J connectivity index is 4.79. The van der Waals surface area contributed by atoms with Gasteiger partial charge in [0.25, 0.3) is 0 Å². The van der Waals surface area contributed by atoms with Crippen LogP contribution in [0.15, 0.2) is 0 Å². The minimum absolute atomic E-state index is 0.426. The molecule has 0 radical (unpaired) electrons. The normalized spacial score (nSPS) is 16.0. The summed E-state index contributed by atoms with van der Waals surface area (Å²) in [6.45, 7) is 12.0. The van der Waals surface area contributed by atoms with Crippen LogP contribution in [0.1, 0.15) is 62.3 Å². The maximum absolute atomic E-state index is 12.5. The van der Waals surface area contributed by atoms with Gasteiger partial charge in [0.1, 0.15) is 48.3 Å². The molecule has 44 heavy (non-hydrogen) atoms. The number of amides is 8. The molecule has 248 valence electrons. The molecule has 0 aliphatic heterocycles. The summed E-state index contributed by atoms with van der Waals surface area (Å²) < 4.78 is 0. The van der Waals surface area contributed by atoms with Crippen LogP contribution >= 0.6 is 0 Å². The van der Waals surface area contributed by atoms with Crippen molar-refractivity contribution < 1.29 is 48.3 Å². The summed E-state index contributed by atoms with van der Waals surface area (Å²) in [5.41, 5.74) is 0. The maximum Gasteiger partial charge on any atom is 0.325 e. The standard InChI is InChI=1S/C26H44N8O10/c1-10(27-18(9)35)19(36)28-11(2)20(37)29-12(3)21(38)30-13(4)22(39)31-14(5)23(40)32-15(6)24(41)33-16(7)25(42)34-17(8)26(43)44/h10-17H,1-9H3,(H,27,35)(H,28,36)(H,29,37)(H,30,38)(H,31,39)(H,32,40)(H,33,41)(H,34,42)(H,43,44). The van der Waals surface area contributed by atoms with Gasteiger partial charge in [0.2, 0.25) is 47.3 Å². The van der Waals surface area contributed by atoms with E-state index in [0.29, 0.717) is 0 Å². The highest BCUT2D eigenvalue weighted by Gasteiger charge is 2.28. The van der Waals surface area contributed by atoms with Gasteiger partial charge in [0.15, 0.2) is 0 Å². The van der Waals surface area contributed by atoms with Crippen LogP contribution in [0.25, 0.3) is 0 Å². The van der Waals surface area contributed by atoms with Gasteiger partial charge in [0, 0.05) is 6.92 Å². The summed E-state index contributed by atoms with van der Waals surface area (Å²) in [6, 6.07) is -8.72. The van der Waals surface area contributed by atoms with E-state index in [4.69, 9.17) is 5.11 Å². The molecule has 0 rings (SSSR count). The molecular weight excluding hydrogens is 584 g/mol. The molecular formula is C26H44N8O10. The number of hydrogen-bond acceptors (Lipinski definition) is 9. The van der Waals surface area contributed by atoms with Crippen molar-refractivity contribution in [3.8, 4) is 0 Å². The van der Waals surface area contributed by atoms with E-state index in [1.807, 2.05) is 0 Å². The first kappa shape index (κ1) is 39.2. The summed E-state index contributed by atoms with van der Waals surface area (Å²) >= 11 is 0. The van der Waals surface area contributed by atoms with Gasteiger partial charge in [0.05, 0.1) is 0 Å². The Labute approximate surface area is 255 Å². The van der Waals surface area contributed by atoms with Gasteiger partial charge in [-0.3, -0.25) is 43.2 Å². The van der Waals surface area contributed by atoms with Crippen molar-refractivity contribution in [1.82, 2.24) is 42.5 Å². The zero-order valence-corrected chi connectivity index (χ0v) is 26.2. The van der Waals surface area contributed by atoms with Crippen molar-refractivity contribution in [3.63, 3.8) is 0 Å². The fraction of sp³-hybridized carbons (Fsp3) is 0.654. The monoisotopic (exact) mass is 628 g/mol. The van der Waals surface area contributed by atoms with Crippen LogP contribution in [0.4, 0.5) is 0 Å². The minimum Gasteiger partial charge on any atom is -0.480 e. The first-order valence-corrected chi connectivity index (χ1v) is 13.8. The van der Waals surface area contributed by atoms with Crippen LogP contribution in [-0.2, 0) is 43.2 Å². The van der Waals surface area contributed by atoms with Gasteiger partial charge >= 0.3 is 5.97 Å². The van der Waals surface area contributed by atoms with Gasteiger partial charge in [-0.1, -0.05) is 0 Å². The Morgan fingerprint density at radius 1 is 0.341 bits per heavy atom. The molecule has 0 spiro atoms. The largest absolute Gasteiger partial charge is 0.480 e. The summed E-state index contributed by atoms with van der Waals surface area (Å²) in [6.07, 6.45) is 0. The van der Waals surface area contributed by atoms with Crippen molar-refractivity contribution in [3.05, 3.63) is 0 Å². The molecule has 0 aliphatic rings. The second-order valence-electron chi connectivity index (χ2n) is 10.4. The Kier molecular flexibility index (Phi) is 16.1. The first-order valence-electron chi connectivity index (χ1n) is 13.8. The summed E-state index contributed by atoms with van der Waals surface area (Å²) in [5, 5.41) is 27.7. The fourth-order valence-electron chi connectivity index (χ4n) is 3.19. The summed E-state index contributed by atoms with van der Waals surface area (Å²) in [7, 11) is 0. The van der Waals surface area contributed by atoms with Crippen molar-refractivity contribution in [2.45, 2.75) is 111 Å². The van der Waals surface area contributed by atoms with Gasteiger partial charge in [-0.2, -0.15) is 0 Å². The molecule has 0 aliphatic carbocycles. The Morgan fingerprint density at radius 2 is 0.500 bits per heavy atom. The van der Waals surface area contributed by atoms with E-state index in [2.05, 4.69) is 42.5 Å². The highest BCUT2D eigenvalue weighted by atomic mass is 16.4. The summed E-state index contributed by atoms with van der Waals surface area (Å²) in [4.78, 5) is 108. The average molecular weight is 629 g/mol. The lowest BCUT2D eigenvalue weighted by Gasteiger charge is -2.23. The molecule has 9 N–H and O–H groups in total. The Bertz CT molecular complexity index is 1130. The predicted octanol–water partition coefficient (Wildman–Crippen LogP) is -3.87. The van der Waals surface area contributed by atoms with E-state index >= 15 is 0 Å². The second-order valence-corrected chi connectivity index (χ2v) is 10.4. The van der Waals surface area contributed by atoms with Crippen molar-refractivity contribution in [2.75, 3.05) is 0 Å². The fourth-order valence-corrected chi connectivity index (χ4v) is 3.19. The SMILES string of the molecule is CC(=O)NC(C)C(=O)NC(C)C(=O)NC(C)C(=O)NC(C)C(=O)NC(C)C(=O)NC(C)C(=O)NC(C)C(=O)NC(C)C(=O)O. The molecule has 8 unspecified atom stereocenters. The quantitative estimate of drug-likeness (QED) is 0.0802. The lowest BCUT2D eigenvalue weighted by Crippen LogP contribution is -2.58.